The molecule has 0 bridgehead atoms. The monoisotopic (exact) mass is 445 g/mol. The number of thioether (sulfide) groups is 1. The molecule has 7 nitrogen and oxygen atoms in total. The minimum atomic E-state index is -0.606. The molecule has 0 atom stereocenters. The molecule has 156 valence electrons. The second-order valence-electron chi connectivity index (χ2n) is 6.43. The maximum absolute atomic E-state index is 12.5. The first-order valence-corrected chi connectivity index (χ1v) is 10.5. The Labute approximate surface area is 183 Å². The van der Waals surface area contributed by atoms with Gasteiger partial charge in [0.1, 0.15) is 10.8 Å². The number of amides is 1. The minimum absolute atomic E-state index is 0.305. The third-order valence-corrected chi connectivity index (χ3v) is 5.55. The summed E-state index contributed by atoms with van der Waals surface area (Å²) in [5.74, 6) is 0.288. The van der Waals surface area contributed by atoms with Crippen molar-refractivity contribution in [1.82, 2.24) is 15.5 Å². The zero-order chi connectivity index (χ0) is 21.5. The van der Waals surface area contributed by atoms with Crippen LogP contribution in [0.3, 0.4) is 0 Å². The minimum Gasteiger partial charge on any atom is -0.452 e. The van der Waals surface area contributed by atoms with Gasteiger partial charge in [-0.15, -0.1) is 11.8 Å². The normalized spacial score (nSPS) is 10.6. The van der Waals surface area contributed by atoms with E-state index >= 15 is 0 Å². The van der Waals surface area contributed by atoms with Gasteiger partial charge in [-0.25, -0.2) is 9.78 Å². The van der Waals surface area contributed by atoms with Crippen LogP contribution in [-0.2, 0) is 21.8 Å². The number of nitrogens with zero attached hydrogens (tertiary/aromatic N) is 2. The molecule has 0 aliphatic carbocycles. The molecule has 1 amide bonds. The first-order valence-electron chi connectivity index (χ1n) is 9.12. The van der Waals surface area contributed by atoms with Gasteiger partial charge in [0.05, 0.1) is 11.3 Å². The summed E-state index contributed by atoms with van der Waals surface area (Å²) in [6.07, 6.45) is 1.60. The van der Waals surface area contributed by atoms with Gasteiger partial charge in [0.15, 0.2) is 6.61 Å². The molecule has 30 heavy (non-hydrogen) atoms. The smallest absolute Gasteiger partial charge is 0.341 e. The van der Waals surface area contributed by atoms with Crippen LogP contribution < -0.4 is 5.32 Å². The van der Waals surface area contributed by atoms with Gasteiger partial charge in [-0.2, -0.15) is 0 Å². The number of benzene rings is 1. The van der Waals surface area contributed by atoms with E-state index in [2.05, 4.69) is 15.5 Å². The lowest BCUT2D eigenvalue weighted by Crippen LogP contribution is -2.28. The summed E-state index contributed by atoms with van der Waals surface area (Å²) in [5, 5.41) is 7.77. The maximum Gasteiger partial charge on any atom is 0.341 e. The predicted molar refractivity (Wildman–Crippen MR) is 113 cm³/mol. The summed E-state index contributed by atoms with van der Waals surface area (Å²) in [6, 6.07) is 10.4. The van der Waals surface area contributed by atoms with E-state index in [1.165, 1.54) is 11.8 Å². The Morgan fingerprint density at radius 2 is 1.97 bits per heavy atom. The fraction of sp³-hybridized carbons (Fsp3) is 0.238. The van der Waals surface area contributed by atoms with Crippen LogP contribution in [0, 0.1) is 13.8 Å². The largest absolute Gasteiger partial charge is 0.452 e. The first-order chi connectivity index (χ1) is 14.4. The van der Waals surface area contributed by atoms with Gasteiger partial charge in [-0.05, 0) is 43.7 Å². The van der Waals surface area contributed by atoms with Crippen molar-refractivity contribution >= 4 is 35.2 Å². The van der Waals surface area contributed by atoms with Crippen molar-refractivity contribution in [3.05, 3.63) is 75.8 Å². The van der Waals surface area contributed by atoms with E-state index in [-0.39, 0.29) is 6.61 Å². The van der Waals surface area contributed by atoms with Crippen LogP contribution in [0.2, 0.25) is 5.02 Å². The number of ether oxygens (including phenoxy) is 1. The molecule has 9 heteroatoms. The molecule has 2 aromatic heterocycles. The Hall–Kier alpha value is -2.84. The van der Waals surface area contributed by atoms with Crippen LogP contribution >= 0.6 is 23.4 Å². The molecular weight excluding hydrogens is 426 g/mol. The molecule has 1 aromatic carbocycles. The molecule has 0 saturated carbocycles. The van der Waals surface area contributed by atoms with Crippen molar-refractivity contribution in [1.29, 1.82) is 0 Å². The van der Waals surface area contributed by atoms with Crippen molar-refractivity contribution in [3.8, 4) is 0 Å². The number of nitrogens with one attached hydrogen (secondary N) is 1. The average molecular weight is 446 g/mol. The number of aryl methyl sites for hydroxylation is 2. The van der Waals surface area contributed by atoms with Gasteiger partial charge < -0.3 is 14.6 Å². The van der Waals surface area contributed by atoms with Crippen LogP contribution in [0.15, 0.2) is 52.1 Å². The third kappa shape index (κ3) is 5.84. The number of aromatic nitrogens is 2. The average Bonchev–Trinajstić information content (AvgIpc) is 3.07. The van der Waals surface area contributed by atoms with Crippen molar-refractivity contribution in [2.24, 2.45) is 0 Å². The summed E-state index contributed by atoms with van der Waals surface area (Å²) < 4.78 is 10.3. The Morgan fingerprint density at radius 3 is 2.67 bits per heavy atom. The van der Waals surface area contributed by atoms with E-state index in [4.69, 9.17) is 20.9 Å². The van der Waals surface area contributed by atoms with Gasteiger partial charge in [-0.1, -0.05) is 28.9 Å². The van der Waals surface area contributed by atoms with Crippen molar-refractivity contribution in [3.63, 3.8) is 0 Å². The molecule has 0 aliphatic rings. The van der Waals surface area contributed by atoms with Crippen LogP contribution in [0.5, 0.6) is 0 Å². The lowest BCUT2D eigenvalue weighted by Gasteiger charge is -2.09. The Kier molecular flexibility index (Phi) is 7.48. The molecule has 0 fully saturated rings. The molecule has 3 aromatic rings. The molecule has 0 aliphatic heterocycles. The van der Waals surface area contributed by atoms with Gasteiger partial charge in [0.25, 0.3) is 5.91 Å². The summed E-state index contributed by atoms with van der Waals surface area (Å²) in [6.45, 7) is 3.64. The fourth-order valence-electron chi connectivity index (χ4n) is 2.57. The van der Waals surface area contributed by atoms with Crippen molar-refractivity contribution < 1.29 is 18.8 Å². The maximum atomic E-state index is 12.5. The number of esters is 1. The molecule has 1 N–H and O–H groups in total. The molecular formula is C21H20ClN3O4S. The summed E-state index contributed by atoms with van der Waals surface area (Å²) in [4.78, 5) is 28.8. The number of halogens is 1. The highest BCUT2D eigenvalue weighted by atomic mass is 35.5. The Bertz CT molecular complexity index is 1020. The highest BCUT2D eigenvalue weighted by molar-refractivity contribution is 7.98. The van der Waals surface area contributed by atoms with Crippen molar-refractivity contribution in [2.75, 3.05) is 6.61 Å². The molecule has 3 rings (SSSR count). The number of pyridine rings is 1. The van der Waals surface area contributed by atoms with Crippen LogP contribution in [-0.4, -0.2) is 28.6 Å². The number of carbonyl (C=O) groups excluding carboxylic acids is 2. The molecule has 0 radical (unpaired) electrons. The zero-order valence-electron chi connectivity index (χ0n) is 16.5. The van der Waals surface area contributed by atoms with E-state index in [1.54, 1.807) is 30.5 Å². The van der Waals surface area contributed by atoms with Gasteiger partial charge >= 0.3 is 5.97 Å². The van der Waals surface area contributed by atoms with Gasteiger partial charge in [0.2, 0.25) is 0 Å². The zero-order valence-corrected chi connectivity index (χ0v) is 18.0. The summed E-state index contributed by atoms with van der Waals surface area (Å²) in [5.41, 5.74) is 2.97. The second-order valence-corrected chi connectivity index (χ2v) is 7.83. The van der Waals surface area contributed by atoms with E-state index < -0.39 is 11.9 Å². The Balaban J connectivity index is 1.53. The van der Waals surface area contributed by atoms with E-state index in [1.807, 2.05) is 26.0 Å². The predicted octanol–water partition coefficient (Wildman–Crippen LogP) is 4.11. The summed E-state index contributed by atoms with van der Waals surface area (Å²) >= 11 is 7.22. The topological polar surface area (TPSA) is 94.3 Å². The molecule has 0 spiro atoms. The summed E-state index contributed by atoms with van der Waals surface area (Å²) in [7, 11) is 0. The molecule has 0 unspecified atom stereocenters. The first kappa shape index (κ1) is 21.9. The number of carbonyl (C=O) groups is 2. The van der Waals surface area contributed by atoms with Crippen molar-refractivity contribution in [2.45, 2.75) is 31.2 Å². The quantitative estimate of drug-likeness (QED) is 0.412. The second kappa shape index (κ2) is 10.3. The van der Waals surface area contributed by atoms with Crippen LogP contribution in [0.1, 0.15) is 32.9 Å². The van der Waals surface area contributed by atoms with Gasteiger partial charge in [-0.3, -0.25) is 4.79 Å². The lowest BCUT2D eigenvalue weighted by molar-refractivity contribution is -0.124. The highest BCUT2D eigenvalue weighted by Gasteiger charge is 2.17. The van der Waals surface area contributed by atoms with E-state index in [0.717, 1.165) is 22.6 Å². The number of rotatable bonds is 8. The van der Waals surface area contributed by atoms with E-state index in [9.17, 15) is 9.59 Å². The SMILES string of the molecule is Cc1noc(C)c1CSc1ncccc1C(=O)OCC(=O)NCc1ccc(Cl)cc1. The van der Waals surface area contributed by atoms with Gasteiger partial charge in [0, 0.05) is 29.1 Å². The lowest BCUT2D eigenvalue weighted by atomic mass is 10.2. The van der Waals surface area contributed by atoms with Crippen LogP contribution in [0.25, 0.3) is 0 Å². The molecule has 0 saturated heterocycles. The number of hydrogen-bond acceptors (Lipinski definition) is 7. The number of hydrogen-bond donors (Lipinski definition) is 1. The highest BCUT2D eigenvalue weighted by Crippen LogP contribution is 2.27. The Morgan fingerprint density at radius 1 is 1.20 bits per heavy atom. The fourth-order valence-corrected chi connectivity index (χ4v) is 3.83. The van der Waals surface area contributed by atoms with Crippen LogP contribution in [0.4, 0.5) is 0 Å². The molecule has 2 heterocycles. The van der Waals surface area contributed by atoms with E-state index in [0.29, 0.717) is 27.9 Å². The standard InChI is InChI=1S/C21H20ClN3O4S/c1-13-18(14(2)29-25-13)12-30-20-17(4-3-9-23-20)21(27)28-11-19(26)24-10-15-5-7-16(22)8-6-15/h3-9H,10-12H2,1-2H3,(H,24,26). The third-order valence-electron chi connectivity index (χ3n) is 4.26.